The van der Waals surface area contributed by atoms with Crippen molar-refractivity contribution in [2.75, 3.05) is 12.8 Å². The molecule has 0 saturated heterocycles. The highest BCUT2D eigenvalue weighted by molar-refractivity contribution is 7.39. The van der Waals surface area contributed by atoms with Gasteiger partial charge in [0.05, 0.1) is 6.61 Å². The summed E-state index contributed by atoms with van der Waals surface area (Å²) in [5.74, 6) is 0.491. The van der Waals surface area contributed by atoms with E-state index < -0.39 is 8.03 Å². The molecule has 0 aromatic rings. The van der Waals surface area contributed by atoms with E-state index in [1.54, 1.807) is 0 Å². The Hall–Kier alpha value is 0.190. The molecule has 9 heavy (non-hydrogen) atoms. The molecule has 0 amide bonds. The molecule has 0 saturated carbocycles. The zero-order valence-corrected chi connectivity index (χ0v) is 7.31. The predicted molar refractivity (Wildman–Crippen MR) is 40.3 cm³/mol. The summed E-state index contributed by atoms with van der Waals surface area (Å²) < 4.78 is 15.7. The molecule has 0 aliphatic rings. The van der Waals surface area contributed by atoms with Crippen LogP contribution in [0.15, 0.2) is 0 Å². The van der Waals surface area contributed by atoms with Gasteiger partial charge in [-0.2, -0.15) is 0 Å². The first kappa shape index (κ1) is 9.19. The molecule has 0 fully saturated rings. The summed E-state index contributed by atoms with van der Waals surface area (Å²) in [6.45, 7) is 6.60. The van der Waals surface area contributed by atoms with Crippen molar-refractivity contribution in [3.63, 3.8) is 0 Å². The molecule has 0 aliphatic carbocycles. The van der Waals surface area contributed by atoms with E-state index in [0.29, 0.717) is 18.7 Å². The Labute approximate surface area is 57.5 Å². The minimum atomic E-state index is -1.67. The van der Waals surface area contributed by atoms with Crippen LogP contribution < -0.4 is 0 Å². The van der Waals surface area contributed by atoms with Crippen LogP contribution in [-0.2, 0) is 9.09 Å². The summed E-state index contributed by atoms with van der Waals surface area (Å²) in [7, 11) is -1.67. The van der Waals surface area contributed by atoms with Crippen molar-refractivity contribution in [3.8, 4) is 0 Å². The Morgan fingerprint density at radius 3 is 2.44 bits per heavy atom. The van der Waals surface area contributed by atoms with Crippen LogP contribution in [0.1, 0.15) is 20.8 Å². The number of hydrogen-bond acceptors (Lipinski definition) is 2. The Kier molecular flexibility index (Phi) is 5.12. The maximum absolute atomic E-state index is 10.7. The smallest absolute Gasteiger partial charge is 0.191 e. The molecule has 0 bridgehead atoms. The molecule has 1 unspecified atom stereocenters. The average molecular weight is 150 g/mol. The molecule has 3 heteroatoms. The van der Waals surface area contributed by atoms with Crippen molar-refractivity contribution in [2.24, 2.45) is 5.92 Å². The molecular weight excluding hydrogens is 135 g/mol. The maximum Gasteiger partial charge on any atom is 0.191 e. The normalized spacial score (nSPS) is 14.2. The Morgan fingerprint density at radius 2 is 2.11 bits per heavy atom. The monoisotopic (exact) mass is 150 g/mol. The van der Waals surface area contributed by atoms with E-state index in [4.69, 9.17) is 4.52 Å². The van der Waals surface area contributed by atoms with Gasteiger partial charge in [-0.25, -0.2) is 0 Å². The number of hydrogen-bond donors (Lipinski definition) is 0. The Balaban J connectivity index is 3.17. The lowest BCUT2D eigenvalue weighted by Gasteiger charge is -2.03. The van der Waals surface area contributed by atoms with E-state index >= 15 is 0 Å². The average Bonchev–Trinajstić information content (AvgIpc) is 1.83. The molecule has 2 nitrogen and oxygen atoms in total. The lowest BCUT2D eigenvalue weighted by Crippen LogP contribution is -1.96. The molecule has 0 N–H and O–H groups in total. The zero-order chi connectivity index (χ0) is 7.28. The van der Waals surface area contributed by atoms with Gasteiger partial charge in [-0.05, 0) is 5.92 Å². The van der Waals surface area contributed by atoms with E-state index in [1.165, 1.54) is 0 Å². The van der Waals surface area contributed by atoms with Gasteiger partial charge in [0.25, 0.3) is 0 Å². The lowest BCUT2D eigenvalue weighted by atomic mass is 10.2. The second-order valence-electron chi connectivity index (χ2n) is 2.43. The van der Waals surface area contributed by atoms with E-state index in [2.05, 4.69) is 0 Å². The van der Waals surface area contributed by atoms with Gasteiger partial charge in [0.15, 0.2) is 8.03 Å². The number of rotatable bonds is 4. The quantitative estimate of drug-likeness (QED) is 0.574. The van der Waals surface area contributed by atoms with E-state index in [1.807, 2.05) is 20.8 Å². The van der Waals surface area contributed by atoms with Gasteiger partial charge in [0.2, 0.25) is 0 Å². The minimum Gasteiger partial charge on any atom is -0.330 e. The Bertz CT molecular complexity index is 91.1. The first-order chi connectivity index (χ1) is 4.16. The van der Waals surface area contributed by atoms with Crippen molar-refractivity contribution in [2.45, 2.75) is 20.8 Å². The lowest BCUT2D eigenvalue weighted by molar-refractivity contribution is 0.283. The van der Waals surface area contributed by atoms with Crippen LogP contribution >= 0.6 is 8.03 Å². The van der Waals surface area contributed by atoms with Gasteiger partial charge < -0.3 is 4.52 Å². The molecule has 0 aliphatic heterocycles. The molecule has 0 heterocycles. The molecular formula is C6H15O2P. The highest BCUT2D eigenvalue weighted by Gasteiger charge is 1.96. The van der Waals surface area contributed by atoms with Gasteiger partial charge in [0.1, 0.15) is 0 Å². The summed E-state index contributed by atoms with van der Waals surface area (Å²) in [6.07, 6.45) is 0.664. The van der Waals surface area contributed by atoms with Crippen LogP contribution in [-0.4, -0.2) is 12.8 Å². The van der Waals surface area contributed by atoms with Crippen LogP contribution in [0.2, 0.25) is 0 Å². The summed E-state index contributed by atoms with van der Waals surface area (Å²) >= 11 is 0. The highest BCUT2D eigenvalue weighted by Crippen LogP contribution is 2.21. The summed E-state index contributed by atoms with van der Waals surface area (Å²) in [6, 6.07) is 0. The third kappa shape index (κ3) is 6.07. The third-order valence-corrected chi connectivity index (χ3v) is 1.93. The van der Waals surface area contributed by atoms with Crippen molar-refractivity contribution in [1.29, 1.82) is 0 Å². The fourth-order valence-corrected chi connectivity index (χ4v) is 1.09. The van der Waals surface area contributed by atoms with Gasteiger partial charge in [0, 0.05) is 6.16 Å². The van der Waals surface area contributed by atoms with Gasteiger partial charge >= 0.3 is 0 Å². The minimum absolute atomic E-state index is 0.491. The van der Waals surface area contributed by atoms with Crippen molar-refractivity contribution in [3.05, 3.63) is 0 Å². The molecule has 0 radical (unpaired) electrons. The fourth-order valence-electron chi connectivity index (χ4n) is 0.362. The van der Waals surface area contributed by atoms with E-state index in [0.717, 1.165) is 0 Å². The Morgan fingerprint density at radius 1 is 1.56 bits per heavy atom. The summed E-state index contributed by atoms with van der Waals surface area (Å²) in [5.41, 5.74) is 0. The fraction of sp³-hybridized carbons (Fsp3) is 1.00. The predicted octanol–water partition coefficient (Wildman–Crippen LogP) is 2.15. The molecule has 1 atom stereocenters. The standard InChI is InChI=1S/C6H15O2P/c1-4-9(7)8-5-6(2)3/h6,9H,4-5H2,1-3H3. The SMILES string of the molecule is CC[PH](=O)OCC(C)C. The first-order valence-corrected chi connectivity index (χ1v) is 4.84. The van der Waals surface area contributed by atoms with Crippen molar-refractivity contribution < 1.29 is 9.09 Å². The second-order valence-corrected chi connectivity index (χ2v) is 4.17. The van der Waals surface area contributed by atoms with Gasteiger partial charge in [-0.1, -0.05) is 20.8 Å². The first-order valence-electron chi connectivity index (χ1n) is 3.32. The van der Waals surface area contributed by atoms with Crippen molar-refractivity contribution >= 4 is 8.03 Å². The topological polar surface area (TPSA) is 26.3 Å². The summed E-state index contributed by atoms with van der Waals surface area (Å²) in [4.78, 5) is 0. The molecule has 0 aromatic carbocycles. The van der Waals surface area contributed by atoms with Gasteiger partial charge in [-0.3, -0.25) is 4.57 Å². The summed E-state index contributed by atoms with van der Waals surface area (Å²) in [5, 5.41) is 0. The van der Waals surface area contributed by atoms with Crippen LogP contribution in [0, 0.1) is 5.92 Å². The van der Waals surface area contributed by atoms with Gasteiger partial charge in [-0.15, -0.1) is 0 Å². The van der Waals surface area contributed by atoms with E-state index in [-0.39, 0.29) is 0 Å². The molecule has 0 spiro atoms. The van der Waals surface area contributed by atoms with Crippen LogP contribution in [0.5, 0.6) is 0 Å². The van der Waals surface area contributed by atoms with Crippen molar-refractivity contribution in [1.82, 2.24) is 0 Å². The second kappa shape index (κ2) is 5.01. The van der Waals surface area contributed by atoms with Crippen LogP contribution in [0.4, 0.5) is 0 Å². The molecule has 56 valence electrons. The van der Waals surface area contributed by atoms with Crippen LogP contribution in [0.25, 0.3) is 0 Å². The van der Waals surface area contributed by atoms with E-state index in [9.17, 15) is 4.57 Å². The maximum atomic E-state index is 10.7. The third-order valence-electron chi connectivity index (χ3n) is 0.866. The molecule has 0 aromatic heterocycles. The van der Waals surface area contributed by atoms with Crippen LogP contribution in [0.3, 0.4) is 0 Å². The highest BCUT2D eigenvalue weighted by atomic mass is 31.1. The largest absolute Gasteiger partial charge is 0.330 e. The zero-order valence-electron chi connectivity index (χ0n) is 6.31. The molecule has 0 rings (SSSR count).